The number of H-pyrrole nitrogens is 1. The smallest absolute Gasteiger partial charge is 0.273 e. The van der Waals surface area contributed by atoms with E-state index in [1.54, 1.807) is 37.9 Å². The Morgan fingerprint density at radius 1 is 1.24 bits per heavy atom. The lowest BCUT2D eigenvalue weighted by molar-refractivity contribution is 0.102. The third-order valence-corrected chi connectivity index (χ3v) is 3.71. The maximum absolute atomic E-state index is 12.2. The van der Waals surface area contributed by atoms with Crippen LogP contribution < -0.4 is 14.8 Å². The van der Waals surface area contributed by atoms with Crippen molar-refractivity contribution in [2.45, 2.75) is 0 Å². The Morgan fingerprint density at radius 3 is 2.67 bits per heavy atom. The number of hydrogen-bond donors (Lipinski definition) is 2. The molecule has 3 rings (SSSR count). The van der Waals surface area contributed by atoms with Gasteiger partial charge in [-0.25, -0.2) is 4.98 Å². The molecular formula is C14H13N3O3S. The Morgan fingerprint density at radius 2 is 2.00 bits per heavy atom. The summed E-state index contributed by atoms with van der Waals surface area (Å²) in [6.07, 6.45) is 1.64. The number of thiazole rings is 1. The van der Waals surface area contributed by atoms with Gasteiger partial charge in [0.15, 0.2) is 16.6 Å². The number of carbonyl (C=O) groups is 1. The first-order valence-electron chi connectivity index (χ1n) is 6.17. The molecule has 0 bridgehead atoms. The van der Waals surface area contributed by atoms with E-state index < -0.39 is 0 Å². The first kappa shape index (κ1) is 13.4. The number of rotatable bonds is 4. The standard InChI is InChI=1S/C14H13N3O3S/c1-19-11-6-8-5-10(16-9(8)7-12(11)20-2)13(18)17-14-15-3-4-21-14/h3-7,16H,1-2H3,(H,15,17,18). The number of aromatic nitrogens is 2. The third kappa shape index (κ3) is 2.55. The molecule has 2 aromatic heterocycles. The zero-order valence-electron chi connectivity index (χ0n) is 11.5. The van der Waals surface area contributed by atoms with Gasteiger partial charge in [0.1, 0.15) is 5.69 Å². The minimum Gasteiger partial charge on any atom is -0.493 e. The minimum absolute atomic E-state index is 0.237. The summed E-state index contributed by atoms with van der Waals surface area (Å²) in [6, 6.07) is 5.39. The maximum atomic E-state index is 12.2. The maximum Gasteiger partial charge on any atom is 0.273 e. The molecule has 2 heterocycles. The summed E-state index contributed by atoms with van der Waals surface area (Å²) in [7, 11) is 3.15. The summed E-state index contributed by atoms with van der Waals surface area (Å²) in [5, 5.41) is 5.97. The number of ether oxygens (including phenoxy) is 2. The number of hydrogen-bond acceptors (Lipinski definition) is 5. The van der Waals surface area contributed by atoms with Crippen molar-refractivity contribution >= 4 is 33.3 Å². The van der Waals surface area contributed by atoms with Gasteiger partial charge in [0.05, 0.1) is 14.2 Å². The molecule has 0 radical (unpaired) electrons. The van der Waals surface area contributed by atoms with Crippen molar-refractivity contribution in [2.75, 3.05) is 19.5 Å². The fourth-order valence-electron chi connectivity index (χ4n) is 2.03. The molecule has 7 heteroatoms. The zero-order valence-corrected chi connectivity index (χ0v) is 12.3. The van der Waals surface area contributed by atoms with Crippen LogP contribution >= 0.6 is 11.3 Å². The molecule has 0 spiro atoms. The van der Waals surface area contributed by atoms with Crippen LogP contribution in [0.1, 0.15) is 10.5 Å². The second-order valence-electron chi connectivity index (χ2n) is 4.27. The highest BCUT2D eigenvalue weighted by molar-refractivity contribution is 7.13. The van der Waals surface area contributed by atoms with E-state index >= 15 is 0 Å². The first-order chi connectivity index (χ1) is 10.2. The van der Waals surface area contributed by atoms with Crippen LogP contribution in [-0.2, 0) is 0 Å². The molecular weight excluding hydrogens is 290 g/mol. The normalized spacial score (nSPS) is 10.6. The molecule has 2 N–H and O–H groups in total. The first-order valence-corrected chi connectivity index (χ1v) is 7.05. The van der Waals surface area contributed by atoms with Crippen molar-refractivity contribution in [1.82, 2.24) is 9.97 Å². The van der Waals surface area contributed by atoms with E-state index in [9.17, 15) is 4.79 Å². The van der Waals surface area contributed by atoms with Gasteiger partial charge in [-0.3, -0.25) is 10.1 Å². The molecule has 1 amide bonds. The fraction of sp³-hybridized carbons (Fsp3) is 0.143. The second kappa shape index (κ2) is 5.45. The van der Waals surface area contributed by atoms with Crippen molar-refractivity contribution in [3.05, 3.63) is 35.5 Å². The lowest BCUT2D eigenvalue weighted by Gasteiger charge is -2.06. The van der Waals surface area contributed by atoms with E-state index in [2.05, 4.69) is 15.3 Å². The van der Waals surface area contributed by atoms with Gasteiger partial charge in [0, 0.05) is 28.5 Å². The minimum atomic E-state index is -0.237. The van der Waals surface area contributed by atoms with Gasteiger partial charge in [-0.1, -0.05) is 0 Å². The predicted molar refractivity (Wildman–Crippen MR) is 81.5 cm³/mol. The van der Waals surface area contributed by atoms with Crippen LogP contribution in [0.25, 0.3) is 10.9 Å². The number of carbonyl (C=O) groups excluding carboxylic acids is 1. The molecule has 3 aromatic rings. The van der Waals surface area contributed by atoms with Crippen LogP contribution in [0.4, 0.5) is 5.13 Å². The molecule has 0 unspecified atom stereocenters. The van der Waals surface area contributed by atoms with E-state index in [1.807, 2.05) is 6.07 Å². The van der Waals surface area contributed by atoms with Crippen LogP contribution in [0.15, 0.2) is 29.8 Å². The van der Waals surface area contributed by atoms with E-state index in [0.29, 0.717) is 22.3 Å². The van der Waals surface area contributed by atoms with Crippen LogP contribution in [0.5, 0.6) is 11.5 Å². The largest absolute Gasteiger partial charge is 0.493 e. The second-order valence-corrected chi connectivity index (χ2v) is 5.16. The number of amides is 1. The molecule has 0 aliphatic heterocycles. The van der Waals surface area contributed by atoms with Gasteiger partial charge in [-0.2, -0.15) is 0 Å². The van der Waals surface area contributed by atoms with E-state index in [1.165, 1.54) is 11.3 Å². The average Bonchev–Trinajstić information content (AvgIpc) is 3.13. The van der Waals surface area contributed by atoms with Crippen molar-refractivity contribution in [3.8, 4) is 11.5 Å². The topological polar surface area (TPSA) is 76.2 Å². The molecule has 21 heavy (non-hydrogen) atoms. The van der Waals surface area contributed by atoms with Crippen LogP contribution in [0, 0.1) is 0 Å². The molecule has 0 aliphatic carbocycles. The summed E-state index contributed by atoms with van der Waals surface area (Å²) in [6.45, 7) is 0. The number of fused-ring (bicyclic) bond motifs is 1. The van der Waals surface area contributed by atoms with Gasteiger partial charge >= 0.3 is 0 Å². The third-order valence-electron chi connectivity index (χ3n) is 3.02. The van der Waals surface area contributed by atoms with E-state index in [0.717, 1.165) is 10.9 Å². The van der Waals surface area contributed by atoms with E-state index in [-0.39, 0.29) is 5.91 Å². The van der Waals surface area contributed by atoms with E-state index in [4.69, 9.17) is 9.47 Å². The Bertz CT molecular complexity index is 739. The molecule has 0 atom stereocenters. The summed E-state index contributed by atoms with van der Waals surface area (Å²) in [4.78, 5) is 19.2. The fourth-order valence-corrected chi connectivity index (χ4v) is 2.55. The summed E-state index contributed by atoms with van der Waals surface area (Å²) >= 11 is 1.37. The van der Waals surface area contributed by atoms with Crippen LogP contribution in [-0.4, -0.2) is 30.1 Å². The number of methoxy groups -OCH3 is 2. The predicted octanol–water partition coefficient (Wildman–Crippen LogP) is 2.89. The molecule has 0 saturated heterocycles. The quantitative estimate of drug-likeness (QED) is 0.777. The van der Waals surface area contributed by atoms with Gasteiger partial charge in [-0.15, -0.1) is 11.3 Å². The monoisotopic (exact) mass is 303 g/mol. The summed E-state index contributed by atoms with van der Waals surface area (Å²) < 4.78 is 10.5. The summed E-state index contributed by atoms with van der Waals surface area (Å²) in [5.41, 5.74) is 1.26. The molecule has 0 saturated carbocycles. The average molecular weight is 303 g/mol. The molecule has 6 nitrogen and oxygen atoms in total. The van der Waals surface area contributed by atoms with Crippen LogP contribution in [0.2, 0.25) is 0 Å². The summed E-state index contributed by atoms with van der Waals surface area (Å²) in [5.74, 6) is 0.994. The molecule has 0 aliphatic rings. The Hall–Kier alpha value is -2.54. The van der Waals surface area contributed by atoms with Crippen LogP contribution in [0.3, 0.4) is 0 Å². The highest BCUT2D eigenvalue weighted by atomic mass is 32.1. The number of aromatic amines is 1. The van der Waals surface area contributed by atoms with Crippen molar-refractivity contribution in [2.24, 2.45) is 0 Å². The Balaban J connectivity index is 1.95. The Labute approximate surface area is 124 Å². The van der Waals surface area contributed by atoms with Gasteiger partial charge < -0.3 is 14.5 Å². The van der Waals surface area contributed by atoms with Crippen molar-refractivity contribution in [3.63, 3.8) is 0 Å². The Kier molecular flexibility index (Phi) is 3.49. The lowest BCUT2D eigenvalue weighted by Crippen LogP contribution is -2.11. The number of benzene rings is 1. The van der Waals surface area contributed by atoms with Gasteiger partial charge in [0.25, 0.3) is 5.91 Å². The van der Waals surface area contributed by atoms with Gasteiger partial charge in [-0.05, 0) is 12.1 Å². The molecule has 108 valence electrons. The van der Waals surface area contributed by atoms with Crippen molar-refractivity contribution in [1.29, 1.82) is 0 Å². The number of nitrogens with one attached hydrogen (secondary N) is 2. The lowest BCUT2D eigenvalue weighted by atomic mass is 10.2. The van der Waals surface area contributed by atoms with Crippen molar-refractivity contribution < 1.29 is 14.3 Å². The zero-order chi connectivity index (χ0) is 14.8. The number of nitrogens with zero attached hydrogens (tertiary/aromatic N) is 1. The number of anilines is 1. The van der Waals surface area contributed by atoms with Gasteiger partial charge in [0.2, 0.25) is 0 Å². The molecule has 1 aromatic carbocycles. The SMILES string of the molecule is COc1cc2cc(C(=O)Nc3nccs3)[nH]c2cc1OC. The molecule has 0 fully saturated rings. The highest BCUT2D eigenvalue weighted by Crippen LogP contribution is 2.32. The highest BCUT2D eigenvalue weighted by Gasteiger charge is 2.13.